The average molecular weight is 642 g/mol. The first-order valence-electron chi connectivity index (χ1n) is 15.6. The number of sulfonamides is 1. The molecule has 4 aromatic carbocycles. The van der Waals surface area contributed by atoms with E-state index >= 15 is 0 Å². The van der Waals surface area contributed by atoms with Crippen LogP contribution in [-0.4, -0.2) is 50.9 Å². The lowest BCUT2D eigenvalue weighted by molar-refractivity contribution is -0.140. The van der Waals surface area contributed by atoms with Crippen LogP contribution >= 0.6 is 0 Å². The minimum Gasteiger partial charge on any atom is -0.494 e. The number of amides is 2. The molecule has 0 heterocycles. The van der Waals surface area contributed by atoms with E-state index in [1.54, 1.807) is 42.5 Å². The molecule has 0 aliphatic carbocycles. The van der Waals surface area contributed by atoms with E-state index in [1.165, 1.54) is 17.0 Å². The van der Waals surface area contributed by atoms with Crippen molar-refractivity contribution >= 4 is 27.5 Å². The Bertz CT molecular complexity index is 1680. The van der Waals surface area contributed by atoms with Crippen LogP contribution in [0, 0.1) is 12.8 Å². The van der Waals surface area contributed by atoms with Crippen LogP contribution in [0.1, 0.15) is 37.5 Å². The molecule has 0 aromatic heterocycles. The van der Waals surface area contributed by atoms with Gasteiger partial charge in [-0.3, -0.25) is 13.9 Å². The Kier molecular flexibility index (Phi) is 12.0. The number of nitrogens with zero attached hydrogens (tertiary/aromatic N) is 2. The number of carbonyl (C=O) groups excluding carboxylic acids is 2. The molecule has 0 spiro atoms. The summed E-state index contributed by atoms with van der Waals surface area (Å²) >= 11 is 0. The molecule has 8 nitrogen and oxygen atoms in total. The molecule has 4 aromatic rings. The molecule has 0 bridgehead atoms. The molecule has 0 radical (unpaired) electrons. The second-order valence-corrected chi connectivity index (χ2v) is 13.4. The van der Waals surface area contributed by atoms with Crippen molar-refractivity contribution in [2.45, 2.75) is 51.6 Å². The Morgan fingerprint density at radius 2 is 1.43 bits per heavy atom. The van der Waals surface area contributed by atoms with Crippen LogP contribution in [0.15, 0.2) is 114 Å². The first-order valence-corrected chi connectivity index (χ1v) is 17.0. The van der Waals surface area contributed by atoms with E-state index in [4.69, 9.17) is 4.74 Å². The summed E-state index contributed by atoms with van der Waals surface area (Å²) in [5, 5.41) is 3.02. The highest BCUT2D eigenvalue weighted by molar-refractivity contribution is 7.92. The summed E-state index contributed by atoms with van der Waals surface area (Å²) in [4.78, 5) is 30.0. The number of hydrogen-bond donors (Lipinski definition) is 1. The number of anilines is 1. The van der Waals surface area contributed by atoms with Crippen LogP contribution in [0.5, 0.6) is 5.75 Å². The van der Waals surface area contributed by atoms with Gasteiger partial charge < -0.3 is 15.0 Å². The Morgan fingerprint density at radius 1 is 0.826 bits per heavy atom. The zero-order valence-corrected chi connectivity index (χ0v) is 27.7. The van der Waals surface area contributed by atoms with Gasteiger partial charge in [0.2, 0.25) is 11.8 Å². The zero-order valence-electron chi connectivity index (χ0n) is 26.9. The van der Waals surface area contributed by atoms with Crippen molar-refractivity contribution in [3.8, 4) is 5.75 Å². The maximum absolute atomic E-state index is 14.6. The summed E-state index contributed by atoms with van der Waals surface area (Å²) in [6.07, 6.45) is 0.263. The van der Waals surface area contributed by atoms with Crippen LogP contribution in [0.2, 0.25) is 0 Å². The van der Waals surface area contributed by atoms with Gasteiger partial charge in [-0.2, -0.15) is 0 Å². The van der Waals surface area contributed by atoms with Crippen LogP contribution in [0.4, 0.5) is 5.69 Å². The van der Waals surface area contributed by atoms with Crippen molar-refractivity contribution in [2.24, 2.45) is 5.92 Å². The molecule has 0 saturated carbocycles. The molecule has 1 atom stereocenters. The molecule has 0 aliphatic heterocycles. The summed E-state index contributed by atoms with van der Waals surface area (Å²) in [6, 6.07) is 31.0. The lowest BCUT2D eigenvalue weighted by Gasteiger charge is -2.34. The third-order valence-electron chi connectivity index (χ3n) is 7.60. The number of carbonyl (C=O) groups is 2. The number of rotatable bonds is 15. The van der Waals surface area contributed by atoms with Crippen LogP contribution < -0.4 is 14.4 Å². The van der Waals surface area contributed by atoms with Crippen molar-refractivity contribution in [3.05, 3.63) is 126 Å². The lowest BCUT2D eigenvalue weighted by Crippen LogP contribution is -2.53. The summed E-state index contributed by atoms with van der Waals surface area (Å²) in [5.74, 6) is -0.0404. The molecule has 0 fully saturated rings. The van der Waals surface area contributed by atoms with Gasteiger partial charge in [-0.1, -0.05) is 86.6 Å². The smallest absolute Gasteiger partial charge is 0.264 e. The molecule has 46 heavy (non-hydrogen) atoms. The van der Waals surface area contributed by atoms with E-state index in [1.807, 2.05) is 82.3 Å². The van der Waals surface area contributed by atoms with Crippen molar-refractivity contribution < 1.29 is 22.7 Å². The van der Waals surface area contributed by atoms with E-state index in [-0.39, 0.29) is 29.7 Å². The van der Waals surface area contributed by atoms with Gasteiger partial charge in [0.05, 0.1) is 17.2 Å². The molecule has 0 aliphatic rings. The van der Waals surface area contributed by atoms with Crippen LogP contribution in [-0.2, 0) is 32.6 Å². The van der Waals surface area contributed by atoms with Gasteiger partial charge in [-0.05, 0) is 72.9 Å². The number of aryl methyl sites for hydroxylation is 1. The van der Waals surface area contributed by atoms with Crippen molar-refractivity contribution in [1.29, 1.82) is 0 Å². The van der Waals surface area contributed by atoms with Crippen molar-refractivity contribution in [3.63, 3.8) is 0 Å². The molecular formula is C37H43N3O5S. The molecule has 2 amide bonds. The van der Waals surface area contributed by atoms with E-state index in [2.05, 4.69) is 5.32 Å². The topological polar surface area (TPSA) is 96.0 Å². The average Bonchev–Trinajstić information content (AvgIpc) is 3.06. The van der Waals surface area contributed by atoms with E-state index in [0.717, 1.165) is 21.0 Å². The highest BCUT2D eigenvalue weighted by atomic mass is 32.2. The SMILES string of the molecule is CCOc1ccc(S(=O)(=O)N(CC(=O)N(Cc2ccccc2C)C(Cc2ccccc2)C(=O)NCC(C)C)c2ccccc2)cc1. The van der Waals surface area contributed by atoms with Gasteiger partial charge in [0.1, 0.15) is 18.3 Å². The number of ether oxygens (including phenoxy) is 1. The normalized spacial score (nSPS) is 11.9. The van der Waals surface area contributed by atoms with E-state index in [0.29, 0.717) is 24.6 Å². The first kappa shape index (κ1) is 34.2. The predicted molar refractivity (Wildman–Crippen MR) is 182 cm³/mol. The summed E-state index contributed by atoms with van der Waals surface area (Å²) < 4.78 is 35.0. The van der Waals surface area contributed by atoms with Gasteiger partial charge in [0, 0.05) is 19.5 Å². The monoisotopic (exact) mass is 641 g/mol. The molecule has 242 valence electrons. The summed E-state index contributed by atoms with van der Waals surface area (Å²) in [5.41, 5.74) is 3.05. The van der Waals surface area contributed by atoms with Crippen molar-refractivity contribution in [2.75, 3.05) is 24.0 Å². The Balaban J connectivity index is 1.78. The number of nitrogens with one attached hydrogen (secondary N) is 1. The van der Waals surface area contributed by atoms with Crippen LogP contribution in [0.3, 0.4) is 0 Å². The van der Waals surface area contributed by atoms with Crippen LogP contribution in [0.25, 0.3) is 0 Å². The zero-order chi connectivity index (χ0) is 33.1. The number of para-hydroxylation sites is 1. The maximum atomic E-state index is 14.6. The maximum Gasteiger partial charge on any atom is 0.264 e. The molecule has 4 rings (SSSR count). The van der Waals surface area contributed by atoms with Gasteiger partial charge >= 0.3 is 0 Å². The highest BCUT2D eigenvalue weighted by Gasteiger charge is 2.34. The number of benzene rings is 4. The molecule has 1 N–H and O–H groups in total. The van der Waals surface area contributed by atoms with E-state index < -0.39 is 28.5 Å². The largest absolute Gasteiger partial charge is 0.494 e. The Morgan fingerprint density at radius 3 is 2.04 bits per heavy atom. The molecule has 0 saturated heterocycles. The fourth-order valence-electron chi connectivity index (χ4n) is 5.07. The second kappa shape index (κ2) is 16.1. The molecule has 9 heteroatoms. The third-order valence-corrected chi connectivity index (χ3v) is 9.39. The summed E-state index contributed by atoms with van der Waals surface area (Å²) in [7, 11) is -4.19. The second-order valence-electron chi connectivity index (χ2n) is 11.5. The standard InChI is InChI=1S/C37H43N3O5S/c1-5-45-33-20-22-34(23-21-33)46(43,44)40(32-18-10-7-11-19-32)27-36(41)39(26-31-17-13-12-14-29(31)4)35(37(42)38-25-28(2)3)24-30-15-8-6-9-16-30/h6-23,28,35H,5,24-27H2,1-4H3,(H,38,42). The lowest BCUT2D eigenvalue weighted by atomic mass is 10.0. The highest BCUT2D eigenvalue weighted by Crippen LogP contribution is 2.26. The minimum atomic E-state index is -4.19. The molecular weight excluding hydrogens is 598 g/mol. The minimum absolute atomic E-state index is 0.0218. The van der Waals surface area contributed by atoms with Gasteiger partial charge in [-0.15, -0.1) is 0 Å². The third kappa shape index (κ3) is 8.97. The van der Waals surface area contributed by atoms with Gasteiger partial charge in [-0.25, -0.2) is 8.42 Å². The predicted octanol–water partition coefficient (Wildman–Crippen LogP) is 6.00. The van der Waals surface area contributed by atoms with E-state index in [9.17, 15) is 18.0 Å². The quantitative estimate of drug-likeness (QED) is 0.172. The molecule has 1 unspecified atom stereocenters. The fourth-order valence-corrected chi connectivity index (χ4v) is 6.49. The fraction of sp³-hybridized carbons (Fsp3) is 0.297. The van der Waals surface area contributed by atoms with Gasteiger partial charge in [0.25, 0.3) is 10.0 Å². The van der Waals surface area contributed by atoms with Gasteiger partial charge in [0.15, 0.2) is 0 Å². The number of hydrogen-bond acceptors (Lipinski definition) is 5. The first-order chi connectivity index (χ1) is 22.1. The van der Waals surface area contributed by atoms with Crippen molar-refractivity contribution in [1.82, 2.24) is 10.2 Å². The Hall–Kier alpha value is -4.63. The Labute approximate surface area is 273 Å². The summed E-state index contributed by atoms with van der Waals surface area (Å²) in [6.45, 7) is 8.33.